The topological polar surface area (TPSA) is 41.8 Å². The van der Waals surface area contributed by atoms with Gasteiger partial charge in [-0.05, 0) is 17.7 Å². The van der Waals surface area contributed by atoms with Crippen molar-refractivity contribution >= 4 is 10.9 Å². The Morgan fingerprint density at radius 1 is 1.21 bits per heavy atom. The number of nitrogens with one attached hydrogen (secondary N) is 1. The van der Waals surface area contributed by atoms with E-state index >= 15 is 0 Å². The Balaban J connectivity index is 2.56. The lowest BCUT2D eigenvalue weighted by molar-refractivity contribution is 0.117. The van der Waals surface area contributed by atoms with Gasteiger partial charge in [0.1, 0.15) is 0 Å². The first-order valence-electron chi connectivity index (χ1n) is 4.30. The van der Waals surface area contributed by atoms with Gasteiger partial charge >= 0.3 is 0 Å². The molecule has 0 aliphatic carbocycles. The molecule has 1 aromatic carbocycles. The van der Waals surface area contributed by atoms with Crippen LogP contribution >= 0.6 is 0 Å². The van der Waals surface area contributed by atoms with Gasteiger partial charge in [0.25, 0.3) is 6.43 Å². The van der Waals surface area contributed by atoms with Gasteiger partial charge in [-0.15, -0.1) is 0 Å². The lowest BCUT2D eigenvalue weighted by atomic mass is 10.0. The van der Waals surface area contributed by atoms with Crippen molar-refractivity contribution in [1.29, 1.82) is 0 Å². The molecule has 2 nitrogen and oxygen atoms in total. The Hall–Kier alpha value is -1.42. The summed E-state index contributed by atoms with van der Waals surface area (Å²) in [6, 6.07) is 5.72. The highest BCUT2D eigenvalue weighted by molar-refractivity contribution is 5.83. The molecule has 74 valence electrons. The van der Waals surface area contributed by atoms with Gasteiger partial charge in [0.05, 0.1) is 6.04 Å². The highest BCUT2D eigenvalue weighted by Crippen LogP contribution is 2.25. The summed E-state index contributed by atoms with van der Waals surface area (Å²) in [5, 5.41) is 0.764. The number of halogens is 2. The van der Waals surface area contributed by atoms with E-state index in [9.17, 15) is 8.78 Å². The van der Waals surface area contributed by atoms with E-state index in [1.54, 1.807) is 24.4 Å². The number of aromatic amines is 1. The monoisotopic (exact) mass is 196 g/mol. The van der Waals surface area contributed by atoms with Gasteiger partial charge in [-0.2, -0.15) is 0 Å². The molecule has 0 fully saturated rings. The first-order chi connectivity index (χ1) is 6.70. The Kier molecular flexibility index (Phi) is 2.21. The second kappa shape index (κ2) is 3.38. The van der Waals surface area contributed by atoms with E-state index in [0.29, 0.717) is 5.56 Å². The first-order valence-corrected chi connectivity index (χ1v) is 4.30. The molecule has 2 rings (SSSR count). The van der Waals surface area contributed by atoms with Crippen molar-refractivity contribution in [3.63, 3.8) is 0 Å². The summed E-state index contributed by atoms with van der Waals surface area (Å²) in [5.41, 5.74) is 6.72. The molecule has 1 heterocycles. The number of benzene rings is 1. The number of nitrogens with two attached hydrogens (primary N) is 1. The average molecular weight is 196 g/mol. The van der Waals surface area contributed by atoms with E-state index in [1.165, 1.54) is 0 Å². The summed E-state index contributed by atoms with van der Waals surface area (Å²) in [6.45, 7) is 0. The second-order valence-electron chi connectivity index (χ2n) is 3.15. The van der Waals surface area contributed by atoms with Crippen LogP contribution < -0.4 is 5.73 Å². The van der Waals surface area contributed by atoms with Gasteiger partial charge < -0.3 is 10.7 Å². The lowest BCUT2D eigenvalue weighted by Crippen LogP contribution is -2.18. The zero-order chi connectivity index (χ0) is 10.1. The molecule has 1 aromatic heterocycles. The largest absolute Gasteiger partial charge is 0.361 e. The minimum Gasteiger partial charge on any atom is -0.361 e. The maximum atomic E-state index is 12.4. The van der Waals surface area contributed by atoms with Gasteiger partial charge in [0.2, 0.25) is 0 Å². The fraction of sp³-hybridized carbons (Fsp3) is 0.200. The molecular weight excluding hydrogens is 186 g/mol. The second-order valence-corrected chi connectivity index (χ2v) is 3.15. The number of H-pyrrole nitrogens is 1. The van der Waals surface area contributed by atoms with E-state index in [4.69, 9.17) is 5.73 Å². The zero-order valence-electron chi connectivity index (χ0n) is 7.37. The zero-order valence-corrected chi connectivity index (χ0v) is 7.37. The SMILES string of the molecule is N[C@H](c1cccc2[nH]ccc12)C(F)F. The predicted molar refractivity (Wildman–Crippen MR) is 51.2 cm³/mol. The van der Waals surface area contributed by atoms with Crippen LogP contribution in [0, 0.1) is 0 Å². The first kappa shape index (κ1) is 9.15. The molecule has 0 amide bonds. The van der Waals surface area contributed by atoms with Gasteiger partial charge in [0.15, 0.2) is 0 Å². The quantitative estimate of drug-likeness (QED) is 0.761. The van der Waals surface area contributed by atoms with E-state index < -0.39 is 12.5 Å². The van der Waals surface area contributed by atoms with Crippen LogP contribution in [0.3, 0.4) is 0 Å². The van der Waals surface area contributed by atoms with Gasteiger partial charge in [-0.1, -0.05) is 12.1 Å². The smallest absolute Gasteiger partial charge is 0.257 e. The number of fused-ring (bicyclic) bond motifs is 1. The van der Waals surface area contributed by atoms with Crippen molar-refractivity contribution in [2.24, 2.45) is 5.73 Å². The molecule has 0 aliphatic heterocycles. The normalized spacial score (nSPS) is 13.7. The molecule has 0 saturated carbocycles. The number of alkyl halides is 2. The molecule has 2 aromatic rings. The van der Waals surface area contributed by atoms with E-state index in [-0.39, 0.29) is 0 Å². The van der Waals surface area contributed by atoms with Crippen LogP contribution in [0.15, 0.2) is 30.5 Å². The van der Waals surface area contributed by atoms with Crippen LogP contribution in [0.25, 0.3) is 10.9 Å². The van der Waals surface area contributed by atoms with Crippen LogP contribution in [0.4, 0.5) is 8.78 Å². The molecule has 0 radical (unpaired) electrons. The van der Waals surface area contributed by atoms with Gasteiger partial charge in [-0.3, -0.25) is 0 Å². The summed E-state index contributed by atoms with van der Waals surface area (Å²) < 4.78 is 24.8. The minimum atomic E-state index is -2.53. The van der Waals surface area contributed by atoms with E-state index in [0.717, 1.165) is 10.9 Å². The highest BCUT2D eigenvalue weighted by atomic mass is 19.3. The standard InChI is InChI=1S/C10H10F2N2/c11-10(12)9(13)7-2-1-3-8-6(7)4-5-14-8/h1-5,9-10,14H,13H2/t9-/m1/s1. The fourth-order valence-electron chi connectivity index (χ4n) is 1.54. The fourth-order valence-corrected chi connectivity index (χ4v) is 1.54. The Bertz CT molecular complexity index is 436. The average Bonchev–Trinajstić information content (AvgIpc) is 2.63. The van der Waals surface area contributed by atoms with E-state index in [1.807, 2.05) is 6.07 Å². The molecule has 14 heavy (non-hydrogen) atoms. The third-order valence-corrected chi connectivity index (χ3v) is 2.26. The molecule has 0 spiro atoms. The number of hydrogen-bond donors (Lipinski definition) is 2. The maximum Gasteiger partial charge on any atom is 0.257 e. The molecule has 1 atom stereocenters. The predicted octanol–water partition coefficient (Wildman–Crippen LogP) is 2.43. The third kappa shape index (κ3) is 1.37. The molecular formula is C10H10F2N2. The molecule has 0 saturated heterocycles. The Labute approximate surface area is 79.7 Å². The number of hydrogen-bond acceptors (Lipinski definition) is 1. The van der Waals surface area contributed by atoms with Crippen molar-refractivity contribution in [1.82, 2.24) is 4.98 Å². The molecule has 4 heteroatoms. The molecule has 0 bridgehead atoms. The Morgan fingerprint density at radius 2 is 2.00 bits per heavy atom. The third-order valence-electron chi connectivity index (χ3n) is 2.26. The minimum absolute atomic E-state index is 0.485. The highest BCUT2D eigenvalue weighted by Gasteiger charge is 2.19. The molecule has 0 unspecified atom stereocenters. The summed E-state index contributed by atoms with van der Waals surface area (Å²) >= 11 is 0. The summed E-state index contributed by atoms with van der Waals surface area (Å²) in [6.07, 6.45) is -0.817. The van der Waals surface area contributed by atoms with Crippen LogP contribution in [0.5, 0.6) is 0 Å². The maximum absolute atomic E-state index is 12.4. The molecule has 0 aliphatic rings. The Morgan fingerprint density at radius 3 is 2.71 bits per heavy atom. The van der Waals surface area contributed by atoms with Crippen LogP contribution in [-0.2, 0) is 0 Å². The number of rotatable bonds is 2. The number of aromatic nitrogens is 1. The van der Waals surface area contributed by atoms with Crippen LogP contribution in [0.2, 0.25) is 0 Å². The van der Waals surface area contributed by atoms with E-state index in [2.05, 4.69) is 4.98 Å². The van der Waals surface area contributed by atoms with Gasteiger partial charge in [0, 0.05) is 17.1 Å². The van der Waals surface area contributed by atoms with Crippen LogP contribution in [-0.4, -0.2) is 11.4 Å². The van der Waals surface area contributed by atoms with Crippen molar-refractivity contribution in [3.8, 4) is 0 Å². The van der Waals surface area contributed by atoms with Crippen molar-refractivity contribution in [2.75, 3.05) is 0 Å². The summed E-state index contributed by atoms with van der Waals surface area (Å²) in [5.74, 6) is 0. The van der Waals surface area contributed by atoms with Gasteiger partial charge in [-0.25, -0.2) is 8.78 Å². The van der Waals surface area contributed by atoms with Crippen LogP contribution in [0.1, 0.15) is 11.6 Å². The molecule has 3 N–H and O–H groups in total. The van der Waals surface area contributed by atoms with Crippen molar-refractivity contribution in [2.45, 2.75) is 12.5 Å². The van der Waals surface area contributed by atoms with Crippen molar-refractivity contribution < 1.29 is 8.78 Å². The summed E-state index contributed by atoms with van der Waals surface area (Å²) in [4.78, 5) is 2.95. The summed E-state index contributed by atoms with van der Waals surface area (Å²) in [7, 11) is 0. The van der Waals surface area contributed by atoms with Crippen molar-refractivity contribution in [3.05, 3.63) is 36.0 Å². The lowest BCUT2D eigenvalue weighted by Gasteiger charge is -2.11.